The molecule has 7 heteroatoms. The zero-order chi connectivity index (χ0) is 19.5. The SMILES string of the molecule is COc1cccc(C(C)N(Cc2csc(-c3ccoc3)n2)c2cnn(C)c2)c1. The van der Waals surface area contributed by atoms with Crippen LogP contribution in [-0.4, -0.2) is 21.9 Å². The minimum Gasteiger partial charge on any atom is -0.497 e. The van der Waals surface area contributed by atoms with Gasteiger partial charge in [0.25, 0.3) is 0 Å². The molecule has 0 saturated heterocycles. The molecule has 144 valence electrons. The number of methoxy groups -OCH3 is 1. The molecule has 0 aliphatic heterocycles. The number of anilines is 1. The number of thiazole rings is 1. The molecule has 0 spiro atoms. The summed E-state index contributed by atoms with van der Waals surface area (Å²) in [7, 11) is 3.62. The summed E-state index contributed by atoms with van der Waals surface area (Å²) in [6.07, 6.45) is 7.31. The van der Waals surface area contributed by atoms with E-state index in [1.807, 2.05) is 42.3 Å². The van der Waals surface area contributed by atoms with E-state index in [9.17, 15) is 0 Å². The average molecular weight is 395 g/mol. The van der Waals surface area contributed by atoms with E-state index < -0.39 is 0 Å². The Balaban J connectivity index is 1.64. The van der Waals surface area contributed by atoms with Gasteiger partial charge in [0.15, 0.2) is 0 Å². The molecule has 0 fully saturated rings. The maximum atomic E-state index is 5.40. The highest BCUT2D eigenvalue weighted by Crippen LogP contribution is 2.31. The first kappa shape index (κ1) is 18.3. The maximum Gasteiger partial charge on any atom is 0.126 e. The summed E-state index contributed by atoms with van der Waals surface area (Å²) < 4.78 is 12.4. The minimum atomic E-state index is 0.123. The highest BCUT2D eigenvalue weighted by molar-refractivity contribution is 7.13. The molecule has 4 rings (SSSR count). The third-order valence-electron chi connectivity index (χ3n) is 4.72. The van der Waals surface area contributed by atoms with Crippen molar-refractivity contribution in [1.29, 1.82) is 0 Å². The molecule has 0 saturated carbocycles. The maximum absolute atomic E-state index is 5.40. The van der Waals surface area contributed by atoms with E-state index in [2.05, 4.69) is 34.4 Å². The number of nitrogens with zero attached hydrogens (tertiary/aromatic N) is 4. The van der Waals surface area contributed by atoms with Crippen LogP contribution in [0.3, 0.4) is 0 Å². The number of benzene rings is 1. The van der Waals surface area contributed by atoms with E-state index >= 15 is 0 Å². The van der Waals surface area contributed by atoms with Gasteiger partial charge in [0.2, 0.25) is 0 Å². The number of hydrogen-bond donors (Lipinski definition) is 0. The summed E-state index contributed by atoms with van der Waals surface area (Å²) in [5.41, 5.74) is 4.24. The van der Waals surface area contributed by atoms with Gasteiger partial charge in [-0.3, -0.25) is 4.68 Å². The number of rotatable bonds is 7. The van der Waals surface area contributed by atoms with Crippen LogP contribution in [0.25, 0.3) is 10.6 Å². The molecule has 6 nitrogen and oxygen atoms in total. The Morgan fingerprint density at radius 3 is 2.93 bits per heavy atom. The van der Waals surface area contributed by atoms with Gasteiger partial charge >= 0.3 is 0 Å². The van der Waals surface area contributed by atoms with Gasteiger partial charge < -0.3 is 14.1 Å². The third-order valence-corrected chi connectivity index (χ3v) is 5.66. The molecular formula is C21H22N4O2S. The number of aryl methyl sites for hydroxylation is 1. The van der Waals surface area contributed by atoms with Crippen LogP contribution in [0.5, 0.6) is 5.75 Å². The lowest BCUT2D eigenvalue weighted by molar-refractivity contribution is 0.413. The predicted molar refractivity (Wildman–Crippen MR) is 111 cm³/mol. The van der Waals surface area contributed by atoms with Crippen LogP contribution in [0.1, 0.15) is 24.2 Å². The summed E-state index contributed by atoms with van der Waals surface area (Å²) in [5, 5.41) is 7.42. The first-order chi connectivity index (χ1) is 13.6. The first-order valence-corrected chi connectivity index (χ1v) is 9.88. The Morgan fingerprint density at radius 1 is 1.32 bits per heavy atom. The molecule has 0 aliphatic carbocycles. The summed E-state index contributed by atoms with van der Waals surface area (Å²) in [5.74, 6) is 0.853. The lowest BCUT2D eigenvalue weighted by atomic mass is 10.1. The van der Waals surface area contributed by atoms with Gasteiger partial charge in [-0.2, -0.15) is 5.10 Å². The van der Waals surface area contributed by atoms with E-state index in [-0.39, 0.29) is 6.04 Å². The van der Waals surface area contributed by atoms with Gasteiger partial charge in [-0.25, -0.2) is 4.98 Å². The number of ether oxygens (including phenoxy) is 1. The van der Waals surface area contributed by atoms with Gasteiger partial charge in [-0.1, -0.05) is 12.1 Å². The molecule has 0 radical (unpaired) electrons. The lowest BCUT2D eigenvalue weighted by Crippen LogP contribution is -2.26. The largest absolute Gasteiger partial charge is 0.497 e. The molecule has 3 heterocycles. The molecule has 1 aromatic carbocycles. The second kappa shape index (κ2) is 7.90. The van der Waals surface area contributed by atoms with Crippen molar-refractivity contribution in [2.24, 2.45) is 7.05 Å². The van der Waals surface area contributed by atoms with Gasteiger partial charge in [0.05, 0.1) is 43.5 Å². The van der Waals surface area contributed by atoms with Crippen LogP contribution >= 0.6 is 11.3 Å². The number of hydrogen-bond acceptors (Lipinski definition) is 6. The molecule has 0 bridgehead atoms. The van der Waals surface area contributed by atoms with Gasteiger partial charge in [0, 0.05) is 24.2 Å². The van der Waals surface area contributed by atoms with E-state index in [0.717, 1.165) is 27.7 Å². The minimum absolute atomic E-state index is 0.123. The second-order valence-electron chi connectivity index (χ2n) is 6.61. The summed E-state index contributed by atoms with van der Waals surface area (Å²) >= 11 is 1.62. The monoisotopic (exact) mass is 394 g/mol. The van der Waals surface area contributed by atoms with Crippen molar-refractivity contribution >= 4 is 17.0 Å². The Morgan fingerprint density at radius 2 is 2.21 bits per heavy atom. The second-order valence-corrected chi connectivity index (χ2v) is 7.47. The average Bonchev–Trinajstić information content (AvgIpc) is 3.47. The Labute approximate surface area is 168 Å². The Hall–Kier alpha value is -3.06. The Bertz CT molecular complexity index is 1040. The molecule has 3 aromatic heterocycles. The van der Waals surface area contributed by atoms with Crippen molar-refractivity contribution in [3.05, 3.63) is 71.9 Å². The first-order valence-electron chi connectivity index (χ1n) is 9.00. The fourth-order valence-electron chi connectivity index (χ4n) is 3.16. The van der Waals surface area contributed by atoms with Crippen LogP contribution in [0.15, 0.2) is 65.0 Å². The van der Waals surface area contributed by atoms with Gasteiger partial charge in [0.1, 0.15) is 17.0 Å². The van der Waals surface area contributed by atoms with Gasteiger partial charge in [-0.15, -0.1) is 11.3 Å². The smallest absolute Gasteiger partial charge is 0.126 e. The lowest BCUT2D eigenvalue weighted by Gasteiger charge is -2.30. The van der Waals surface area contributed by atoms with Crippen LogP contribution in [0, 0.1) is 0 Å². The van der Waals surface area contributed by atoms with E-state index in [1.165, 1.54) is 5.56 Å². The standard InChI is InChI=1S/C21H22N4O2S/c1-15(16-5-4-6-20(9-16)26-3)25(19-10-22-24(2)12-19)11-18-14-28-21(23-18)17-7-8-27-13-17/h4-10,12-15H,11H2,1-3H3. The quantitative estimate of drug-likeness (QED) is 0.446. The molecule has 0 aliphatic rings. The fourth-order valence-corrected chi connectivity index (χ4v) is 3.96. The molecule has 28 heavy (non-hydrogen) atoms. The van der Waals surface area contributed by atoms with Crippen LogP contribution in [0.4, 0.5) is 5.69 Å². The summed E-state index contributed by atoms with van der Waals surface area (Å²) in [4.78, 5) is 7.10. The molecule has 0 amide bonds. The van der Waals surface area contributed by atoms with E-state index in [1.54, 1.807) is 31.0 Å². The highest BCUT2D eigenvalue weighted by atomic mass is 32.1. The molecule has 1 unspecified atom stereocenters. The fraction of sp³-hybridized carbons (Fsp3) is 0.238. The van der Waals surface area contributed by atoms with Crippen molar-refractivity contribution in [2.75, 3.05) is 12.0 Å². The summed E-state index contributed by atoms with van der Waals surface area (Å²) in [6.45, 7) is 2.86. The van der Waals surface area contributed by atoms with Crippen molar-refractivity contribution in [1.82, 2.24) is 14.8 Å². The van der Waals surface area contributed by atoms with Crippen molar-refractivity contribution in [3.8, 4) is 16.3 Å². The Kier molecular flexibility index (Phi) is 5.16. The molecule has 0 N–H and O–H groups in total. The van der Waals surface area contributed by atoms with Crippen molar-refractivity contribution < 1.29 is 9.15 Å². The zero-order valence-corrected chi connectivity index (χ0v) is 16.9. The van der Waals surface area contributed by atoms with E-state index in [0.29, 0.717) is 6.54 Å². The number of furan rings is 1. The molecule has 1 atom stereocenters. The normalized spacial score (nSPS) is 12.1. The third kappa shape index (κ3) is 3.80. The van der Waals surface area contributed by atoms with Crippen molar-refractivity contribution in [3.63, 3.8) is 0 Å². The summed E-state index contributed by atoms with van der Waals surface area (Å²) in [6, 6.07) is 10.2. The zero-order valence-electron chi connectivity index (χ0n) is 16.1. The van der Waals surface area contributed by atoms with Crippen LogP contribution in [-0.2, 0) is 13.6 Å². The van der Waals surface area contributed by atoms with E-state index in [4.69, 9.17) is 14.1 Å². The van der Waals surface area contributed by atoms with Crippen LogP contribution < -0.4 is 9.64 Å². The number of aromatic nitrogens is 3. The molecule has 4 aromatic rings. The van der Waals surface area contributed by atoms with Gasteiger partial charge in [-0.05, 0) is 30.7 Å². The van der Waals surface area contributed by atoms with Crippen molar-refractivity contribution in [2.45, 2.75) is 19.5 Å². The highest BCUT2D eigenvalue weighted by Gasteiger charge is 2.20. The predicted octanol–water partition coefficient (Wildman–Crippen LogP) is 4.91. The topological polar surface area (TPSA) is 56.3 Å². The van der Waals surface area contributed by atoms with Crippen LogP contribution in [0.2, 0.25) is 0 Å². The molecular weight excluding hydrogens is 372 g/mol.